The molecule has 7 nitrogen and oxygen atoms in total. The van der Waals surface area contributed by atoms with Crippen LogP contribution in [0.5, 0.6) is 0 Å². The summed E-state index contributed by atoms with van der Waals surface area (Å²) in [6.45, 7) is 1.85. The van der Waals surface area contributed by atoms with Gasteiger partial charge in [-0.3, -0.25) is 19.0 Å². The van der Waals surface area contributed by atoms with E-state index in [1.807, 2.05) is 37.3 Å². The first-order valence-electron chi connectivity index (χ1n) is 10.5. The number of benzene rings is 3. The highest BCUT2D eigenvalue weighted by atomic mass is 35.5. The number of thioether (sulfide) groups is 1. The van der Waals surface area contributed by atoms with E-state index >= 15 is 0 Å². The van der Waals surface area contributed by atoms with Crippen molar-refractivity contribution < 1.29 is 9.59 Å². The summed E-state index contributed by atoms with van der Waals surface area (Å²) >= 11 is 7.29. The molecule has 34 heavy (non-hydrogen) atoms. The highest BCUT2D eigenvalue weighted by molar-refractivity contribution is 7.99. The van der Waals surface area contributed by atoms with Crippen LogP contribution in [0.15, 0.2) is 76.7 Å². The molecule has 0 saturated carbocycles. The minimum Gasteiger partial charge on any atom is -0.323 e. The van der Waals surface area contributed by atoms with Crippen molar-refractivity contribution >= 4 is 57.5 Å². The topological polar surface area (TPSA) is 84.3 Å². The van der Waals surface area contributed by atoms with Crippen LogP contribution in [0.3, 0.4) is 0 Å². The predicted octanol–water partition coefficient (Wildman–Crippen LogP) is 4.42. The first kappa shape index (κ1) is 22.2. The summed E-state index contributed by atoms with van der Waals surface area (Å²) in [5.41, 5.74) is 3.03. The molecule has 2 amide bonds. The average molecular weight is 491 g/mol. The molecule has 0 radical (unpaired) electrons. The number of rotatable bonds is 4. The van der Waals surface area contributed by atoms with Gasteiger partial charge in [0.2, 0.25) is 11.8 Å². The predicted molar refractivity (Wildman–Crippen MR) is 135 cm³/mol. The van der Waals surface area contributed by atoms with Crippen molar-refractivity contribution in [1.29, 1.82) is 0 Å². The second-order valence-corrected chi connectivity index (χ2v) is 9.20. The maximum absolute atomic E-state index is 13.5. The van der Waals surface area contributed by atoms with Gasteiger partial charge in [-0.1, -0.05) is 53.7 Å². The van der Waals surface area contributed by atoms with E-state index in [2.05, 4.69) is 10.3 Å². The molecule has 0 aliphatic carbocycles. The Balaban J connectivity index is 1.54. The van der Waals surface area contributed by atoms with E-state index < -0.39 is 0 Å². The number of carbonyl (C=O) groups is 2. The molecule has 3 aromatic carbocycles. The first-order valence-corrected chi connectivity index (χ1v) is 11.9. The maximum atomic E-state index is 13.5. The molecule has 1 aromatic heterocycles. The Morgan fingerprint density at radius 1 is 1.06 bits per heavy atom. The third-order valence-electron chi connectivity index (χ3n) is 5.55. The van der Waals surface area contributed by atoms with E-state index in [1.54, 1.807) is 36.4 Å². The molecular weight excluding hydrogens is 472 g/mol. The van der Waals surface area contributed by atoms with Crippen molar-refractivity contribution in [3.05, 3.63) is 87.7 Å². The summed E-state index contributed by atoms with van der Waals surface area (Å²) in [7, 11) is 0. The summed E-state index contributed by atoms with van der Waals surface area (Å²) in [6, 6.07) is 19.6. The Morgan fingerprint density at radius 3 is 2.59 bits per heavy atom. The van der Waals surface area contributed by atoms with Crippen LogP contribution in [0.2, 0.25) is 5.02 Å². The number of fused-ring (bicyclic) bond motifs is 2. The zero-order valence-electron chi connectivity index (χ0n) is 18.1. The molecule has 0 bridgehead atoms. The minimum absolute atomic E-state index is 0.00793. The van der Waals surface area contributed by atoms with E-state index in [1.165, 1.54) is 9.47 Å². The van der Waals surface area contributed by atoms with Crippen LogP contribution < -0.4 is 15.8 Å². The van der Waals surface area contributed by atoms with Gasteiger partial charge in [-0.25, -0.2) is 4.98 Å². The molecule has 1 N–H and O–H groups in total. The Kier molecular flexibility index (Phi) is 5.85. The lowest BCUT2D eigenvalue weighted by atomic mass is 10.2. The van der Waals surface area contributed by atoms with Crippen LogP contribution >= 0.6 is 23.4 Å². The van der Waals surface area contributed by atoms with E-state index in [4.69, 9.17) is 11.6 Å². The summed E-state index contributed by atoms with van der Waals surface area (Å²) < 4.78 is 1.53. The molecule has 0 spiro atoms. The number of hydrogen-bond acceptors (Lipinski definition) is 5. The molecule has 9 heteroatoms. The van der Waals surface area contributed by atoms with Gasteiger partial charge in [-0.2, -0.15) is 0 Å². The van der Waals surface area contributed by atoms with Gasteiger partial charge in [-0.15, -0.1) is 0 Å². The number of nitrogens with zero attached hydrogens (tertiary/aromatic N) is 3. The monoisotopic (exact) mass is 490 g/mol. The number of carbonyl (C=O) groups excluding carboxylic acids is 2. The van der Waals surface area contributed by atoms with Gasteiger partial charge in [0.05, 0.1) is 33.7 Å². The van der Waals surface area contributed by atoms with Crippen molar-refractivity contribution in [2.24, 2.45) is 0 Å². The standard InChI is InChI=1S/C25H19ClN4O3S/c1-15-6-2-4-8-20(15)30-24(33)17-11-10-16(26)12-19(17)28-25(30)34-14-23(32)29-13-22(31)27-18-7-3-5-9-21(18)29/h2-12H,13-14H2,1H3,(H,27,31). The van der Waals surface area contributed by atoms with Gasteiger partial charge in [0.1, 0.15) is 6.54 Å². The number of para-hydroxylation sites is 3. The van der Waals surface area contributed by atoms with Crippen LogP contribution in [-0.2, 0) is 9.59 Å². The number of halogens is 1. The second-order valence-electron chi connectivity index (χ2n) is 7.82. The fraction of sp³-hybridized carbons (Fsp3) is 0.120. The molecular formula is C25H19ClN4O3S. The van der Waals surface area contributed by atoms with Gasteiger partial charge in [-0.05, 0) is 48.9 Å². The van der Waals surface area contributed by atoms with Crippen LogP contribution in [-0.4, -0.2) is 33.7 Å². The number of aromatic nitrogens is 2. The number of nitrogens with one attached hydrogen (secondary N) is 1. The van der Waals surface area contributed by atoms with E-state index in [0.717, 1.165) is 17.3 Å². The molecule has 170 valence electrons. The smallest absolute Gasteiger partial charge is 0.266 e. The quantitative estimate of drug-likeness (QED) is 0.338. The van der Waals surface area contributed by atoms with Crippen molar-refractivity contribution in [3.8, 4) is 5.69 Å². The van der Waals surface area contributed by atoms with Crippen molar-refractivity contribution in [2.45, 2.75) is 12.1 Å². The molecule has 0 fully saturated rings. The Hall–Kier alpha value is -3.62. The molecule has 1 aliphatic rings. The zero-order valence-corrected chi connectivity index (χ0v) is 19.7. The zero-order chi connectivity index (χ0) is 23.8. The normalized spacial score (nSPS) is 13.0. The van der Waals surface area contributed by atoms with Crippen LogP contribution in [0.25, 0.3) is 16.6 Å². The van der Waals surface area contributed by atoms with Crippen LogP contribution in [0.1, 0.15) is 5.56 Å². The third kappa shape index (κ3) is 4.06. The molecule has 5 rings (SSSR count). The number of anilines is 2. The Bertz CT molecular complexity index is 1520. The lowest BCUT2D eigenvalue weighted by Crippen LogP contribution is -2.43. The molecule has 2 heterocycles. The van der Waals surface area contributed by atoms with Crippen molar-refractivity contribution in [2.75, 3.05) is 22.5 Å². The average Bonchev–Trinajstić information content (AvgIpc) is 2.82. The van der Waals surface area contributed by atoms with Gasteiger partial charge in [0.25, 0.3) is 5.56 Å². The number of hydrogen-bond donors (Lipinski definition) is 1. The highest BCUT2D eigenvalue weighted by Gasteiger charge is 2.27. The molecule has 4 aromatic rings. The molecule has 0 saturated heterocycles. The van der Waals surface area contributed by atoms with Crippen molar-refractivity contribution in [1.82, 2.24) is 9.55 Å². The largest absolute Gasteiger partial charge is 0.323 e. The van der Waals surface area contributed by atoms with E-state index in [0.29, 0.717) is 38.1 Å². The van der Waals surface area contributed by atoms with Crippen LogP contribution in [0.4, 0.5) is 11.4 Å². The fourth-order valence-corrected chi connectivity index (χ4v) is 4.97. The first-order chi connectivity index (χ1) is 16.4. The SMILES string of the molecule is Cc1ccccc1-n1c(SCC(=O)N2CC(=O)Nc3ccccc32)nc2cc(Cl)ccc2c1=O. The van der Waals surface area contributed by atoms with Gasteiger partial charge >= 0.3 is 0 Å². The lowest BCUT2D eigenvalue weighted by molar-refractivity contribution is -0.120. The van der Waals surface area contributed by atoms with Gasteiger partial charge in [0, 0.05) is 5.02 Å². The Morgan fingerprint density at radius 2 is 1.79 bits per heavy atom. The van der Waals surface area contributed by atoms with Crippen LogP contribution in [0, 0.1) is 6.92 Å². The summed E-state index contributed by atoms with van der Waals surface area (Å²) in [6.07, 6.45) is 0. The van der Waals surface area contributed by atoms with Gasteiger partial charge < -0.3 is 10.2 Å². The fourth-order valence-electron chi connectivity index (χ4n) is 3.92. The lowest BCUT2D eigenvalue weighted by Gasteiger charge is -2.29. The minimum atomic E-state index is -0.260. The summed E-state index contributed by atoms with van der Waals surface area (Å²) in [5, 5.41) is 4.05. The Labute approximate surface area is 204 Å². The van der Waals surface area contributed by atoms with Crippen molar-refractivity contribution in [3.63, 3.8) is 0 Å². The third-order valence-corrected chi connectivity index (χ3v) is 6.71. The second kappa shape index (κ2) is 8.96. The summed E-state index contributed by atoms with van der Waals surface area (Å²) in [5.74, 6) is -0.525. The number of aryl methyl sites for hydroxylation is 1. The van der Waals surface area contributed by atoms with E-state index in [9.17, 15) is 14.4 Å². The highest BCUT2D eigenvalue weighted by Crippen LogP contribution is 2.30. The molecule has 1 aliphatic heterocycles. The summed E-state index contributed by atoms with van der Waals surface area (Å²) in [4.78, 5) is 44.9. The number of amides is 2. The molecule has 0 unspecified atom stereocenters. The molecule has 0 atom stereocenters. The van der Waals surface area contributed by atoms with Gasteiger partial charge in [0.15, 0.2) is 5.16 Å². The van der Waals surface area contributed by atoms with E-state index in [-0.39, 0.29) is 29.7 Å². The maximum Gasteiger partial charge on any atom is 0.266 e.